The summed E-state index contributed by atoms with van der Waals surface area (Å²) in [5.41, 5.74) is 3.13. The molecule has 9 rings (SSSR count). The third kappa shape index (κ3) is 14.3. The van der Waals surface area contributed by atoms with E-state index in [0.29, 0.717) is 44.9 Å². The fourth-order valence-corrected chi connectivity index (χ4v) is 7.68. The van der Waals surface area contributed by atoms with Crippen LogP contribution in [0.15, 0.2) is 213 Å². The zero-order valence-electron chi connectivity index (χ0n) is 41.2. The normalized spacial score (nSPS) is 10.9. The van der Waals surface area contributed by atoms with Gasteiger partial charge < -0.3 is 20.9 Å². The molecule has 0 saturated heterocycles. The van der Waals surface area contributed by atoms with Gasteiger partial charge in [0.05, 0.1) is 22.3 Å². The van der Waals surface area contributed by atoms with E-state index in [1.165, 1.54) is 78.1 Å². The van der Waals surface area contributed by atoms with Crippen LogP contribution in [0.2, 0.25) is 0 Å². The van der Waals surface area contributed by atoms with Crippen molar-refractivity contribution in [3.8, 4) is 33.4 Å². The minimum atomic E-state index is -4.49. The van der Waals surface area contributed by atoms with Gasteiger partial charge in [-0.3, -0.25) is 29.1 Å². The fraction of sp³-hybridized carbons (Fsp3) is 0.0667. The van der Waals surface area contributed by atoms with E-state index in [1.54, 1.807) is 123 Å². The highest BCUT2D eigenvalue weighted by Gasteiger charge is 2.34. The van der Waals surface area contributed by atoms with Gasteiger partial charge in [-0.25, -0.2) is 8.78 Å². The number of anilines is 3. The van der Waals surface area contributed by atoms with Crippen LogP contribution >= 0.6 is 0 Å². The summed E-state index contributed by atoms with van der Waals surface area (Å²) >= 11 is 0. The molecule has 10 nitrogen and oxygen atoms in total. The van der Waals surface area contributed by atoms with Crippen molar-refractivity contribution in [3.05, 3.63) is 258 Å². The SMILES string of the molecule is CN(C)C(=O)c1ccccc1-c1ccc(NC(=O)c2cccc(F)c2F)cc1.O=C(Nc1ccc(-c2ccccc2C(F)(F)F)cc1)c1cccnc1.O=C(Nc1ccccc1-c1ccccc1C(F)(F)F)c1ccncc1. The van der Waals surface area contributed by atoms with Gasteiger partial charge in [-0.15, -0.1) is 0 Å². The molecule has 0 unspecified atom stereocenters. The molecular weight excluding hydrogens is 1020 g/mol. The molecule has 2 heterocycles. The number of rotatable bonds is 10. The second kappa shape index (κ2) is 25.1. The molecule has 4 amide bonds. The smallest absolute Gasteiger partial charge is 0.345 e. The Labute approximate surface area is 442 Å². The number of hydrogen-bond acceptors (Lipinski definition) is 6. The first-order chi connectivity index (χ1) is 37.3. The van der Waals surface area contributed by atoms with Crippen molar-refractivity contribution in [1.82, 2.24) is 14.9 Å². The van der Waals surface area contributed by atoms with E-state index in [-0.39, 0.29) is 28.5 Å². The Hall–Kier alpha value is -9.84. The first kappa shape index (κ1) is 55.9. The molecular formula is C60H44F8N6O4. The zero-order chi connectivity index (χ0) is 56.0. The quantitative estimate of drug-likeness (QED) is 0.117. The molecule has 0 fully saturated rings. The molecule has 0 radical (unpaired) electrons. The van der Waals surface area contributed by atoms with E-state index in [0.717, 1.165) is 29.3 Å². The van der Waals surface area contributed by atoms with E-state index < -0.39 is 46.9 Å². The van der Waals surface area contributed by atoms with Gasteiger partial charge in [0.15, 0.2) is 11.6 Å². The van der Waals surface area contributed by atoms with Crippen molar-refractivity contribution in [1.29, 1.82) is 0 Å². The highest BCUT2D eigenvalue weighted by Crippen LogP contribution is 2.40. The second-order valence-corrected chi connectivity index (χ2v) is 17.0. The minimum Gasteiger partial charge on any atom is -0.345 e. The maximum absolute atomic E-state index is 13.8. The van der Waals surface area contributed by atoms with E-state index in [4.69, 9.17) is 0 Å². The van der Waals surface area contributed by atoms with Crippen LogP contribution in [0.25, 0.3) is 33.4 Å². The lowest BCUT2D eigenvalue weighted by atomic mass is 9.97. The zero-order valence-corrected chi connectivity index (χ0v) is 41.2. The van der Waals surface area contributed by atoms with Gasteiger partial charge in [0.1, 0.15) is 0 Å². The molecule has 394 valence electrons. The molecule has 0 saturated carbocycles. The summed E-state index contributed by atoms with van der Waals surface area (Å²) in [5, 5.41) is 7.89. The fourth-order valence-electron chi connectivity index (χ4n) is 7.68. The molecule has 18 heteroatoms. The summed E-state index contributed by atoms with van der Waals surface area (Å²) in [4.78, 5) is 58.1. The predicted molar refractivity (Wildman–Crippen MR) is 282 cm³/mol. The Bertz CT molecular complexity index is 3540. The highest BCUT2D eigenvalue weighted by molar-refractivity contribution is 6.07. The molecule has 0 bridgehead atoms. The van der Waals surface area contributed by atoms with Crippen LogP contribution in [0.4, 0.5) is 52.2 Å². The number of aromatic nitrogens is 2. The van der Waals surface area contributed by atoms with Crippen LogP contribution < -0.4 is 16.0 Å². The van der Waals surface area contributed by atoms with Crippen molar-refractivity contribution in [3.63, 3.8) is 0 Å². The van der Waals surface area contributed by atoms with Gasteiger partial charge >= 0.3 is 12.4 Å². The summed E-state index contributed by atoms with van der Waals surface area (Å²) < 4.78 is 106. The summed E-state index contributed by atoms with van der Waals surface area (Å²) in [6.45, 7) is 0. The molecule has 0 spiro atoms. The summed E-state index contributed by atoms with van der Waals surface area (Å²) in [7, 11) is 3.37. The molecule has 3 N–H and O–H groups in total. The number of hydrogen-bond donors (Lipinski definition) is 3. The lowest BCUT2D eigenvalue weighted by Gasteiger charge is -2.16. The van der Waals surface area contributed by atoms with Crippen molar-refractivity contribution < 1.29 is 54.3 Å². The number of carbonyl (C=O) groups excluding carboxylic acids is 4. The first-order valence-electron chi connectivity index (χ1n) is 23.4. The lowest BCUT2D eigenvalue weighted by molar-refractivity contribution is -0.137. The summed E-state index contributed by atoms with van der Waals surface area (Å²) in [5.74, 6) is -3.88. The maximum atomic E-state index is 13.8. The third-order valence-electron chi connectivity index (χ3n) is 11.5. The topological polar surface area (TPSA) is 133 Å². The molecule has 78 heavy (non-hydrogen) atoms. The van der Waals surface area contributed by atoms with Crippen molar-refractivity contribution >= 4 is 40.7 Å². The molecule has 0 aliphatic carbocycles. The molecule has 0 aliphatic heterocycles. The standard InChI is InChI=1S/C22H18F2N2O2.2C19H13F3N2O/c1-26(2)22(28)17-7-4-3-6-16(17)14-10-12-15(13-11-14)25-21(27)18-8-5-9-19(23)20(18)24;20-19(21,22)16-7-3-1-5-14(16)15-6-2-4-8-17(15)24-18(25)13-9-11-23-12-10-13;20-19(21,22)17-6-2-1-5-16(17)13-7-9-15(10-8-13)24-18(25)14-4-3-11-23-12-14/h3-13H,1-2H3,(H,25,27);2*1-12H,(H,24,25). The number of halogens is 8. The number of benzene rings is 7. The Morgan fingerprint density at radius 3 is 1.49 bits per heavy atom. The predicted octanol–water partition coefficient (Wildman–Crippen LogP) is 14.6. The molecule has 0 atom stereocenters. The van der Waals surface area contributed by atoms with Gasteiger partial charge in [0.2, 0.25) is 0 Å². The average molecular weight is 1070 g/mol. The second-order valence-electron chi connectivity index (χ2n) is 17.0. The summed E-state index contributed by atoms with van der Waals surface area (Å²) in [6, 6.07) is 47.1. The van der Waals surface area contributed by atoms with Gasteiger partial charge in [-0.05, 0) is 113 Å². The first-order valence-corrected chi connectivity index (χ1v) is 23.4. The van der Waals surface area contributed by atoms with Crippen molar-refractivity contribution in [2.24, 2.45) is 0 Å². The number of carbonyl (C=O) groups is 4. The van der Waals surface area contributed by atoms with E-state index in [1.807, 2.05) is 12.1 Å². The number of amides is 4. The average Bonchev–Trinajstić information content (AvgIpc) is 3.45. The molecule has 0 aliphatic rings. The third-order valence-corrected chi connectivity index (χ3v) is 11.5. The Kier molecular flexibility index (Phi) is 18.0. The number of alkyl halides is 6. The molecule has 9 aromatic rings. The van der Waals surface area contributed by atoms with Crippen LogP contribution in [0.1, 0.15) is 52.6 Å². The monoisotopic (exact) mass is 1060 g/mol. The number of nitrogens with zero attached hydrogens (tertiary/aromatic N) is 3. The van der Waals surface area contributed by atoms with Crippen LogP contribution in [0.5, 0.6) is 0 Å². The van der Waals surface area contributed by atoms with Gasteiger partial charge in [0, 0.05) is 72.6 Å². The lowest BCUT2D eigenvalue weighted by Crippen LogP contribution is -2.22. The van der Waals surface area contributed by atoms with Gasteiger partial charge in [-0.1, -0.05) is 103 Å². The van der Waals surface area contributed by atoms with Gasteiger partial charge in [0.25, 0.3) is 23.6 Å². The van der Waals surface area contributed by atoms with Crippen LogP contribution in [-0.4, -0.2) is 52.6 Å². The highest BCUT2D eigenvalue weighted by atomic mass is 19.4. The van der Waals surface area contributed by atoms with Gasteiger partial charge in [-0.2, -0.15) is 26.3 Å². The largest absolute Gasteiger partial charge is 0.417 e. The number of nitrogens with one attached hydrogen (secondary N) is 3. The van der Waals surface area contributed by atoms with E-state index >= 15 is 0 Å². The number of pyridine rings is 2. The van der Waals surface area contributed by atoms with E-state index in [2.05, 4.69) is 25.9 Å². The van der Waals surface area contributed by atoms with Crippen molar-refractivity contribution in [2.45, 2.75) is 12.4 Å². The maximum Gasteiger partial charge on any atom is 0.417 e. The Balaban J connectivity index is 0.000000170. The van der Waals surface area contributed by atoms with E-state index in [9.17, 15) is 54.3 Å². The van der Waals surface area contributed by atoms with Crippen LogP contribution in [0.3, 0.4) is 0 Å². The molecule has 7 aromatic carbocycles. The Morgan fingerprint density at radius 1 is 0.423 bits per heavy atom. The summed E-state index contributed by atoms with van der Waals surface area (Å²) in [6.07, 6.45) is -2.98. The molecule has 2 aromatic heterocycles. The Morgan fingerprint density at radius 2 is 0.910 bits per heavy atom. The number of para-hydroxylation sites is 1. The van der Waals surface area contributed by atoms with Crippen molar-refractivity contribution in [2.75, 3.05) is 30.0 Å². The minimum absolute atomic E-state index is 0.0145. The van der Waals surface area contributed by atoms with Crippen LogP contribution in [0, 0.1) is 11.6 Å². The van der Waals surface area contributed by atoms with Crippen LogP contribution in [-0.2, 0) is 12.4 Å².